The zero-order valence-electron chi connectivity index (χ0n) is 9.47. The van der Waals surface area contributed by atoms with Gasteiger partial charge >= 0.3 is 0 Å². The Hall–Kier alpha value is -1.81. The van der Waals surface area contributed by atoms with Crippen molar-refractivity contribution in [2.24, 2.45) is 12.8 Å². The molecule has 0 bridgehead atoms. The number of methoxy groups -OCH3 is 1. The first-order valence-electron chi connectivity index (χ1n) is 5.11. The van der Waals surface area contributed by atoms with Gasteiger partial charge in [-0.05, 0) is 23.8 Å². The molecule has 2 rings (SSSR count). The second kappa shape index (κ2) is 4.37. The Kier molecular flexibility index (Phi) is 2.92. The van der Waals surface area contributed by atoms with Crippen LogP contribution in [0.3, 0.4) is 0 Å². The molecule has 2 aromatic rings. The minimum atomic E-state index is 0.472. The molecule has 1 aromatic carbocycles. The molecule has 0 aliphatic heterocycles. The van der Waals surface area contributed by atoms with Gasteiger partial charge in [-0.25, -0.2) is 4.98 Å². The maximum absolute atomic E-state index is 5.74. The van der Waals surface area contributed by atoms with Gasteiger partial charge in [-0.3, -0.25) is 0 Å². The normalized spacial score (nSPS) is 10.4. The Bertz CT molecular complexity index is 491. The van der Waals surface area contributed by atoms with Crippen LogP contribution in [-0.2, 0) is 13.6 Å². The quantitative estimate of drug-likeness (QED) is 0.848. The lowest BCUT2D eigenvalue weighted by Gasteiger charge is -2.09. The Labute approximate surface area is 94.7 Å². The number of benzene rings is 1. The van der Waals surface area contributed by atoms with Gasteiger partial charge in [0.25, 0.3) is 0 Å². The summed E-state index contributed by atoms with van der Waals surface area (Å²) in [5, 5.41) is 0. The summed E-state index contributed by atoms with van der Waals surface area (Å²) in [6.45, 7) is 0.472. The Morgan fingerprint density at radius 3 is 2.81 bits per heavy atom. The Balaban J connectivity index is 2.53. The van der Waals surface area contributed by atoms with E-state index in [-0.39, 0.29) is 0 Å². The number of nitrogens with two attached hydrogens (primary N) is 1. The molecular weight excluding hydrogens is 202 g/mol. The minimum Gasteiger partial charge on any atom is -0.497 e. The fraction of sp³-hybridized carbons (Fsp3) is 0.250. The molecule has 16 heavy (non-hydrogen) atoms. The van der Waals surface area contributed by atoms with Crippen molar-refractivity contribution in [1.29, 1.82) is 0 Å². The van der Waals surface area contributed by atoms with Gasteiger partial charge in [0, 0.05) is 31.5 Å². The van der Waals surface area contributed by atoms with Crippen molar-refractivity contribution in [1.82, 2.24) is 9.55 Å². The molecule has 1 heterocycles. The van der Waals surface area contributed by atoms with Crippen LogP contribution in [0, 0.1) is 0 Å². The second-order valence-electron chi connectivity index (χ2n) is 3.59. The van der Waals surface area contributed by atoms with Crippen LogP contribution in [0.25, 0.3) is 11.4 Å². The van der Waals surface area contributed by atoms with Crippen LogP contribution in [-0.4, -0.2) is 16.7 Å². The van der Waals surface area contributed by atoms with Crippen LogP contribution < -0.4 is 10.5 Å². The fourth-order valence-electron chi connectivity index (χ4n) is 1.71. The number of aryl methyl sites for hydroxylation is 1. The van der Waals surface area contributed by atoms with Crippen LogP contribution >= 0.6 is 0 Å². The molecule has 0 aliphatic rings. The summed E-state index contributed by atoms with van der Waals surface area (Å²) in [5.41, 5.74) is 7.83. The lowest BCUT2D eigenvalue weighted by Crippen LogP contribution is -2.02. The lowest BCUT2D eigenvalue weighted by molar-refractivity contribution is 0.414. The molecule has 0 atom stereocenters. The Morgan fingerprint density at radius 1 is 1.44 bits per heavy atom. The van der Waals surface area contributed by atoms with Gasteiger partial charge in [0.2, 0.25) is 0 Å². The zero-order chi connectivity index (χ0) is 11.5. The predicted molar refractivity (Wildman–Crippen MR) is 63.1 cm³/mol. The SMILES string of the molecule is COc1ccc(-c2nccn2C)c(CN)c1. The number of rotatable bonds is 3. The van der Waals surface area contributed by atoms with Gasteiger partial charge in [0.05, 0.1) is 7.11 Å². The topological polar surface area (TPSA) is 53.1 Å². The fourth-order valence-corrected chi connectivity index (χ4v) is 1.71. The van der Waals surface area contributed by atoms with Gasteiger partial charge in [-0.1, -0.05) is 0 Å². The van der Waals surface area contributed by atoms with Gasteiger partial charge in [0.1, 0.15) is 11.6 Å². The second-order valence-corrected chi connectivity index (χ2v) is 3.59. The molecule has 4 nitrogen and oxygen atoms in total. The first-order valence-corrected chi connectivity index (χ1v) is 5.11. The van der Waals surface area contributed by atoms with Crippen LogP contribution in [0.4, 0.5) is 0 Å². The van der Waals surface area contributed by atoms with E-state index in [1.54, 1.807) is 13.3 Å². The molecule has 0 saturated heterocycles. The van der Waals surface area contributed by atoms with E-state index in [2.05, 4.69) is 4.98 Å². The summed E-state index contributed by atoms with van der Waals surface area (Å²) in [6.07, 6.45) is 3.69. The van der Waals surface area contributed by atoms with Crippen molar-refractivity contribution in [3.8, 4) is 17.1 Å². The molecule has 0 radical (unpaired) electrons. The molecule has 1 aromatic heterocycles. The molecule has 2 N–H and O–H groups in total. The molecule has 0 spiro atoms. The molecule has 0 amide bonds. The average Bonchev–Trinajstić information content (AvgIpc) is 2.74. The van der Waals surface area contributed by atoms with Crippen LogP contribution in [0.1, 0.15) is 5.56 Å². The average molecular weight is 217 g/mol. The summed E-state index contributed by atoms with van der Waals surface area (Å²) in [4.78, 5) is 4.32. The van der Waals surface area contributed by atoms with Gasteiger partial charge < -0.3 is 15.0 Å². The van der Waals surface area contributed by atoms with Gasteiger partial charge in [0.15, 0.2) is 0 Å². The predicted octanol–water partition coefficient (Wildman–Crippen LogP) is 1.55. The third-order valence-corrected chi connectivity index (χ3v) is 2.59. The van der Waals surface area contributed by atoms with E-state index in [1.165, 1.54) is 0 Å². The van der Waals surface area contributed by atoms with Gasteiger partial charge in [-0.15, -0.1) is 0 Å². The van der Waals surface area contributed by atoms with E-state index < -0.39 is 0 Å². The number of imidazole rings is 1. The van der Waals surface area contributed by atoms with E-state index in [0.29, 0.717) is 6.54 Å². The van der Waals surface area contributed by atoms with E-state index in [9.17, 15) is 0 Å². The number of hydrogen-bond donors (Lipinski definition) is 1. The maximum atomic E-state index is 5.74. The highest BCUT2D eigenvalue weighted by molar-refractivity contribution is 5.62. The molecule has 84 valence electrons. The smallest absolute Gasteiger partial charge is 0.139 e. The van der Waals surface area contributed by atoms with Gasteiger partial charge in [-0.2, -0.15) is 0 Å². The van der Waals surface area contributed by atoms with Crippen molar-refractivity contribution in [3.63, 3.8) is 0 Å². The molecular formula is C12H15N3O. The van der Waals surface area contributed by atoms with E-state index in [1.807, 2.05) is 36.0 Å². The van der Waals surface area contributed by atoms with Crippen molar-refractivity contribution in [2.75, 3.05) is 7.11 Å². The van der Waals surface area contributed by atoms with E-state index in [0.717, 1.165) is 22.7 Å². The Morgan fingerprint density at radius 2 is 2.25 bits per heavy atom. The third-order valence-electron chi connectivity index (χ3n) is 2.59. The standard InChI is InChI=1S/C12H15N3O/c1-15-6-5-14-12(15)11-4-3-10(16-2)7-9(11)8-13/h3-7H,8,13H2,1-2H3. The summed E-state index contributed by atoms with van der Waals surface area (Å²) >= 11 is 0. The molecule has 0 unspecified atom stereocenters. The van der Waals surface area contributed by atoms with Crippen molar-refractivity contribution >= 4 is 0 Å². The number of nitrogens with zero attached hydrogens (tertiary/aromatic N) is 2. The third kappa shape index (κ3) is 1.79. The number of ether oxygens (including phenoxy) is 1. The van der Waals surface area contributed by atoms with Crippen LogP contribution in [0.2, 0.25) is 0 Å². The largest absolute Gasteiger partial charge is 0.497 e. The molecule has 0 aliphatic carbocycles. The maximum Gasteiger partial charge on any atom is 0.139 e. The molecule has 0 fully saturated rings. The van der Waals surface area contributed by atoms with Crippen molar-refractivity contribution < 1.29 is 4.74 Å². The molecule has 4 heteroatoms. The molecule has 0 saturated carbocycles. The van der Waals surface area contributed by atoms with Crippen LogP contribution in [0.5, 0.6) is 5.75 Å². The summed E-state index contributed by atoms with van der Waals surface area (Å²) in [6, 6.07) is 5.86. The highest BCUT2D eigenvalue weighted by Gasteiger charge is 2.09. The van der Waals surface area contributed by atoms with Crippen molar-refractivity contribution in [3.05, 3.63) is 36.2 Å². The van der Waals surface area contributed by atoms with E-state index >= 15 is 0 Å². The van der Waals surface area contributed by atoms with Crippen molar-refractivity contribution in [2.45, 2.75) is 6.54 Å². The first kappa shape index (κ1) is 10.7. The summed E-state index contributed by atoms with van der Waals surface area (Å²) in [5.74, 6) is 1.74. The van der Waals surface area contributed by atoms with E-state index in [4.69, 9.17) is 10.5 Å². The summed E-state index contributed by atoms with van der Waals surface area (Å²) in [7, 11) is 3.61. The number of hydrogen-bond acceptors (Lipinski definition) is 3. The first-order chi connectivity index (χ1) is 7.76. The lowest BCUT2D eigenvalue weighted by atomic mass is 10.1. The zero-order valence-corrected chi connectivity index (χ0v) is 9.47. The number of aromatic nitrogens is 2. The van der Waals surface area contributed by atoms with Crippen LogP contribution in [0.15, 0.2) is 30.6 Å². The highest BCUT2D eigenvalue weighted by atomic mass is 16.5. The monoisotopic (exact) mass is 217 g/mol. The highest BCUT2D eigenvalue weighted by Crippen LogP contribution is 2.25. The minimum absolute atomic E-state index is 0.472. The summed E-state index contributed by atoms with van der Waals surface area (Å²) < 4.78 is 7.15.